The highest BCUT2D eigenvalue weighted by atomic mass is 16.5. The number of primary amides is 1. The molecule has 1 fully saturated rings. The lowest BCUT2D eigenvalue weighted by atomic mass is 9.78. The van der Waals surface area contributed by atoms with Gasteiger partial charge in [-0.2, -0.15) is 0 Å². The van der Waals surface area contributed by atoms with E-state index in [4.69, 9.17) is 16.2 Å². The normalized spacial score (nSPS) is 26.2. The van der Waals surface area contributed by atoms with Crippen molar-refractivity contribution in [2.45, 2.75) is 38.7 Å². The second-order valence-electron chi connectivity index (χ2n) is 5.60. The van der Waals surface area contributed by atoms with Gasteiger partial charge in [0.25, 0.3) is 5.91 Å². The minimum Gasteiger partial charge on any atom is -0.489 e. The van der Waals surface area contributed by atoms with Crippen molar-refractivity contribution in [3.8, 4) is 5.75 Å². The minimum atomic E-state index is -0.451. The Kier molecular flexibility index (Phi) is 5.01. The fourth-order valence-corrected chi connectivity index (χ4v) is 3.00. The van der Waals surface area contributed by atoms with E-state index < -0.39 is 5.91 Å². The van der Waals surface area contributed by atoms with Gasteiger partial charge in [0.05, 0.1) is 5.56 Å². The van der Waals surface area contributed by atoms with Crippen molar-refractivity contribution in [3.05, 3.63) is 29.8 Å². The maximum Gasteiger partial charge on any atom is 0.252 e. The van der Waals surface area contributed by atoms with E-state index in [-0.39, 0.29) is 6.10 Å². The van der Waals surface area contributed by atoms with Crippen LogP contribution in [0.25, 0.3) is 0 Å². The molecule has 0 heterocycles. The molecule has 0 saturated heterocycles. The Morgan fingerprint density at radius 1 is 1.35 bits per heavy atom. The molecule has 1 aromatic rings. The molecule has 110 valence electrons. The first-order valence-electron chi connectivity index (χ1n) is 7.41. The number of ether oxygens (including phenoxy) is 1. The number of nitrogens with two attached hydrogens (primary N) is 2. The predicted octanol–water partition coefficient (Wildman–Crippen LogP) is 2.32. The molecule has 4 N–H and O–H groups in total. The Balaban J connectivity index is 2.16. The highest BCUT2D eigenvalue weighted by molar-refractivity contribution is 5.95. The third-order valence-electron chi connectivity index (χ3n) is 4.35. The molecule has 1 aliphatic carbocycles. The zero-order chi connectivity index (χ0) is 14.5. The second kappa shape index (κ2) is 6.75. The Labute approximate surface area is 120 Å². The molecule has 1 amide bonds. The lowest BCUT2D eigenvalue weighted by Gasteiger charge is -2.35. The molecule has 0 radical (unpaired) electrons. The summed E-state index contributed by atoms with van der Waals surface area (Å²) >= 11 is 0. The number of hydrogen-bond donors (Lipinski definition) is 2. The summed E-state index contributed by atoms with van der Waals surface area (Å²) in [6.45, 7) is 2.84. The number of carbonyl (C=O) groups is 1. The van der Waals surface area contributed by atoms with Gasteiger partial charge < -0.3 is 16.2 Å². The predicted molar refractivity (Wildman–Crippen MR) is 79.6 cm³/mol. The standard InChI is InChI=1S/C16H24N2O2/c1-2-11-7-8-12(10-17)15(9-11)20-14-6-4-3-5-13(14)16(18)19/h3-6,11-12,15H,2,7-10,17H2,1H3,(H2,18,19). The van der Waals surface area contributed by atoms with Crippen molar-refractivity contribution in [2.24, 2.45) is 23.3 Å². The largest absolute Gasteiger partial charge is 0.489 e. The Bertz CT molecular complexity index is 462. The molecular weight excluding hydrogens is 252 g/mol. The van der Waals surface area contributed by atoms with Gasteiger partial charge in [0.15, 0.2) is 0 Å². The van der Waals surface area contributed by atoms with Crippen molar-refractivity contribution >= 4 is 5.91 Å². The van der Waals surface area contributed by atoms with Crippen LogP contribution in [0.4, 0.5) is 0 Å². The average Bonchev–Trinajstić information content (AvgIpc) is 2.47. The first-order chi connectivity index (χ1) is 9.65. The van der Waals surface area contributed by atoms with E-state index in [9.17, 15) is 4.79 Å². The van der Waals surface area contributed by atoms with Crippen LogP contribution < -0.4 is 16.2 Å². The molecule has 0 bridgehead atoms. The number of benzene rings is 1. The molecule has 1 aromatic carbocycles. The van der Waals surface area contributed by atoms with E-state index in [1.807, 2.05) is 12.1 Å². The van der Waals surface area contributed by atoms with Crippen LogP contribution in [0.3, 0.4) is 0 Å². The second-order valence-corrected chi connectivity index (χ2v) is 5.60. The molecule has 4 heteroatoms. The van der Waals surface area contributed by atoms with E-state index in [2.05, 4.69) is 6.92 Å². The van der Waals surface area contributed by atoms with Gasteiger partial charge in [-0.3, -0.25) is 4.79 Å². The van der Waals surface area contributed by atoms with Crippen LogP contribution in [0.15, 0.2) is 24.3 Å². The van der Waals surface area contributed by atoms with Crippen LogP contribution in [-0.2, 0) is 0 Å². The first kappa shape index (κ1) is 14.9. The van der Waals surface area contributed by atoms with E-state index in [1.165, 1.54) is 6.42 Å². The average molecular weight is 276 g/mol. The fraction of sp³-hybridized carbons (Fsp3) is 0.562. The number of para-hydroxylation sites is 1. The fourth-order valence-electron chi connectivity index (χ4n) is 3.00. The van der Waals surface area contributed by atoms with E-state index in [0.29, 0.717) is 29.7 Å². The van der Waals surface area contributed by atoms with Gasteiger partial charge in [-0.05, 0) is 43.9 Å². The molecule has 1 aliphatic rings. The molecule has 3 unspecified atom stereocenters. The van der Waals surface area contributed by atoms with Gasteiger partial charge in [0.2, 0.25) is 0 Å². The number of rotatable bonds is 5. The summed E-state index contributed by atoms with van der Waals surface area (Å²) in [7, 11) is 0. The van der Waals surface area contributed by atoms with E-state index >= 15 is 0 Å². The van der Waals surface area contributed by atoms with Crippen molar-refractivity contribution in [3.63, 3.8) is 0 Å². The Morgan fingerprint density at radius 3 is 2.75 bits per heavy atom. The summed E-state index contributed by atoms with van der Waals surface area (Å²) in [5.74, 6) is 1.18. The zero-order valence-electron chi connectivity index (χ0n) is 12.0. The number of hydrogen-bond acceptors (Lipinski definition) is 3. The van der Waals surface area contributed by atoms with Crippen LogP contribution in [0.5, 0.6) is 5.75 Å². The van der Waals surface area contributed by atoms with Crippen LogP contribution in [0.2, 0.25) is 0 Å². The van der Waals surface area contributed by atoms with Crippen LogP contribution in [-0.4, -0.2) is 18.6 Å². The highest BCUT2D eigenvalue weighted by Gasteiger charge is 2.31. The molecule has 0 aliphatic heterocycles. The summed E-state index contributed by atoms with van der Waals surface area (Å²) in [6.07, 6.45) is 4.56. The van der Waals surface area contributed by atoms with Gasteiger partial charge in [-0.1, -0.05) is 25.5 Å². The maximum atomic E-state index is 11.5. The molecule has 1 saturated carbocycles. The molecule has 4 nitrogen and oxygen atoms in total. The van der Waals surface area contributed by atoms with Gasteiger partial charge in [0, 0.05) is 5.92 Å². The molecule has 20 heavy (non-hydrogen) atoms. The quantitative estimate of drug-likeness (QED) is 0.866. The van der Waals surface area contributed by atoms with Crippen molar-refractivity contribution in [1.29, 1.82) is 0 Å². The van der Waals surface area contributed by atoms with E-state index in [0.717, 1.165) is 19.3 Å². The lowest BCUT2D eigenvalue weighted by molar-refractivity contribution is 0.0669. The molecular formula is C16H24N2O2. The van der Waals surface area contributed by atoms with Crippen LogP contribution >= 0.6 is 0 Å². The third kappa shape index (κ3) is 3.31. The van der Waals surface area contributed by atoms with Gasteiger partial charge >= 0.3 is 0 Å². The molecule has 3 atom stereocenters. The van der Waals surface area contributed by atoms with Crippen molar-refractivity contribution in [2.75, 3.05) is 6.54 Å². The summed E-state index contributed by atoms with van der Waals surface area (Å²) in [5.41, 5.74) is 11.7. The monoisotopic (exact) mass is 276 g/mol. The number of amides is 1. The smallest absolute Gasteiger partial charge is 0.252 e. The molecule has 0 spiro atoms. The van der Waals surface area contributed by atoms with Crippen LogP contribution in [0, 0.1) is 11.8 Å². The number of carbonyl (C=O) groups excluding carboxylic acids is 1. The zero-order valence-corrected chi connectivity index (χ0v) is 12.0. The van der Waals surface area contributed by atoms with Gasteiger partial charge in [-0.25, -0.2) is 0 Å². The summed E-state index contributed by atoms with van der Waals surface area (Å²) in [6, 6.07) is 7.17. The molecule has 2 rings (SSSR count). The Hall–Kier alpha value is -1.55. The maximum absolute atomic E-state index is 11.5. The summed E-state index contributed by atoms with van der Waals surface area (Å²) in [5, 5.41) is 0. The third-order valence-corrected chi connectivity index (χ3v) is 4.35. The van der Waals surface area contributed by atoms with E-state index in [1.54, 1.807) is 12.1 Å². The topological polar surface area (TPSA) is 78.3 Å². The molecule has 0 aromatic heterocycles. The summed E-state index contributed by atoms with van der Waals surface area (Å²) in [4.78, 5) is 11.5. The summed E-state index contributed by atoms with van der Waals surface area (Å²) < 4.78 is 6.10. The lowest BCUT2D eigenvalue weighted by Crippen LogP contribution is -2.38. The van der Waals surface area contributed by atoms with Crippen molar-refractivity contribution in [1.82, 2.24) is 0 Å². The highest BCUT2D eigenvalue weighted by Crippen LogP contribution is 2.34. The SMILES string of the molecule is CCC1CCC(CN)C(Oc2ccccc2C(N)=O)C1. The van der Waals surface area contributed by atoms with Crippen LogP contribution in [0.1, 0.15) is 43.0 Å². The van der Waals surface area contributed by atoms with Crippen molar-refractivity contribution < 1.29 is 9.53 Å². The van der Waals surface area contributed by atoms with Gasteiger partial charge in [-0.15, -0.1) is 0 Å². The van der Waals surface area contributed by atoms with Gasteiger partial charge in [0.1, 0.15) is 11.9 Å². The minimum absolute atomic E-state index is 0.0826. The first-order valence-corrected chi connectivity index (χ1v) is 7.41. The Morgan fingerprint density at radius 2 is 2.10 bits per heavy atom.